The number of hydrazone groups is 1. The predicted octanol–water partition coefficient (Wildman–Crippen LogP) is 3.76. The van der Waals surface area contributed by atoms with Gasteiger partial charge < -0.3 is 4.74 Å². The Bertz CT molecular complexity index is 913. The van der Waals surface area contributed by atoms with E-state index in [-0.39, 0.29) is 23.1 Å². The Morgan fingerprint density at radius 1 is 1.19 bits per heavy atom. The van der Waals surface area contributed by atoms with Gasteiger partial charge >= 0.3 is 0 Å². The normalized spacial score (nSPS) is 16.2. The predicted molar refractivity (Wildman–Crippen MR) is 96.6 cm³/mol. The molecule has 0 N–H and O–H groups in total. The Hall–Kier alpha value is -3.22. The maximum absolute atomic E-state index is 12.1. The lowest BCUT2D eigenvalue weighted by Crippen LogP contribution is -2.26. The highest BCUT2D eigenvalue weighted by Gasteiger charge is 2.37. The number of amides is 1. The third-order valence-corrected chi connectivity index (χ3v) is 4.28. The monoisotopic (exact) mass is 353 g/mol. The van der Waals surface area contributed by atoms with E-state index < -0.39 is 11.2 Å². The van der Waals surface area contributed by atoms with Crippen LogP contribution in [0.5, 0.6) is 0 Å². The lowest BCUT2D eigenvalue weighted by atomic mass is 9.98. The van der Waals surface area contributed by atoms with Gasteiger partial charge in [-0.2, -0.15) is 5.01 Å². The van der Waals surface area contributed by atoms with Crippen molar-refractivity contribution in [2.75, 3.05) is 0 Å². The van der Waals surface area contributed by atoms with Crippen molar-refractivity contribution in [1.82, 2.24) is 5.01 Å². The van der Waals surface area contributed by atoms with Gasteiger partial charge in [0.1, 0.15) is 5.56 Å². The summed E-state index contributed by atoms with van der Waals surface area (Å²) in [5.41, 5.74) is 4.01. The zero-order chi connectivity index (χ0) is 19.0. The third-order valence-electron chi connectivity index (χ3n) is 4.28. The number of benzene rings is 2. The molecule has 2 aromatic carbocycles. The van der Waals surface area contributed by atoms with E-state index >= 15 is 0 Å². The Balaban J connectivity index is 2.08. The number of rotatable bonds is 3. The fourth-order valence-electron chi connectivity index (χ4n) is 3.26. The number of para-hydroxylation sites is 1. The third kappa shape index (κ3) is 3.03. The van der Waals surface area contributed by atoms with Gasteiger partial charge in [0.25, 0.3) is 5.69 Å². The molecule has 0 radical (unpaired) electrons. The maximum atomic E-state index is 12.1. The molecule has 1 heterocycles. The minimum Gasteiger partial charge on any atom is -0.445 e. The number of hydrogen-bond donors (Lipinski definition) is 0. The molecule has 134 valence electrons. The summed E-state index contributed by atoms with van der Waals surface area (Å²) >= 11 is 0. The van der Waals surface area contributed by atoms with Crippen LogP contribution in [0.3, 0.4) is 0 Å². The van der Waals surface area contributed by atoms with Crippen molar-refractivity contribution in [2.24, 2.45) is 5.10 Å². The number of nitro benzene ring substituents is 1. The smallest absolute Gasteiger partial charge is 0.282 e. The quantitative estimate of drug-likeness (QED) is 0.621. The maximum Gasteiger partial charge on any atom is 0.282 e. The van der Waals surface area contributed by atoms with Crippen molar-refractivity contribution < 1.29 is 14.5 Å². The second kappa shape index (κ2) is 6.59. The molecule has 2 aromatic rings. The number of carbonyl (C=O) groups excluding carboxylic acids is 1. The zero-order valence-electron chi connectivity index (χ0n) is 15.0. The van der Waals surface area contributed by atoms with Gasteiger partial charge in [-0.15, -0.1) is 5.10 Å². The van der Waals surface area contributed by atoms with Crippen molar-refractivity contribution in [3.63, 3.8) is 0 Å². The van der Waals surface area contributed by atoms with Crippen LogP contribution in [0.4, 0.5) is 5.69 Å². The van der Waals surface area contributed by atoms with Gasteiger partial charge in [-0.05, 0) is 38.0 Å². The molecule has 0 spiro atoms. The number of hydrogen-bond acceptors (Lipinski definition) is 5. The molecule has 0 fully saturated rings. The highest BCUT2D eigenvalue weighted by molar-refractivity contribution is 5.99. The first-order chi connectivity index (χ1) is 12.3. The van der Waals surface area contributed by atoms with Crippen molar-refractivity contribution in [3.05, 3.63) is 74.3 Å². The van der Waals surface area contributed by atoms with Crippen LogP contribution in [0.25, 0.3) is 0 Å². The van der Waals surface area contributed by atoms with Crippen LogP contribution >= 0.6 is 0 Å². The first-order valence-electron chi connectivity index (χ1n) is 8.16. The van der Waals surface area contributed by atoms with Crippen LogP contribution in [-0.4, -0.2) is 21.7 Å². The molecule has 1 amide bonds. The first-order valence-corrected chi connectivity index (χ1v) is 8.16. The first kappa shape index (κ1) is 17.6. The molecule has 7 nitrogen and oxygen atoms in total. The van der Waals surface area contributed by atoms with E-state index in [2.05, 4.69) is 5.10 Å². The van der Waals surface area contributed by atoms with Crippen LogP contribution in [0, 0.1) is 30.9 Å². The van der Waals surface area contributed by atoms with E-state index in [0.717, 1.165) is 22.3 Å². The lowest BCUT2D eigenvalue weighted by Gasteiger charge is -2.23. The molecule has 0 saturated heterocycles. The van der Waals surface area contributed by atoms with Crippen molar-refractivity contribution in [2.45, 2.75) is 33.9 Å². The summed E-state index contributed by atoms with van der Waals surface area (Å²) in [6, 6.07) is 10.2. The standard InChI is InChI=1S/C19H19N3O4/c1-11-9-12(2)17(13(3)10-11)19-21(14(4)23)20-18(26-19)15-7-5-6-8-16(15)22(24)25/h5-10,19H,1-4H3/t19-/m1/s1. The Kier molecular flexibility index (Phi) is 4.46. The summed E-state index contributed by atoms with van der Waals surface area (Å²) in [5, 5.41) is 16.8. The molecule has 1 aliphatic heterocycles. The molecule has 0 aliphatic carbocycles. The minimum absolute atomic E-state index is 0.0666. The molecule has 0 bridgehead atoms. The molecule has 26 heavy (non-hydrogen) atoms. The van der Waals surface area contributed by atoms with Crippen molar-refractivity contribution >= 4 is 17.5 Å². The number of carbonyl (C=O) groups is 1. The second-order valence-corrected chi connectivity index (χ2v) is 6.33. The summed E-state index contributed by atoms with van der Waals surface area (Å²) in [5.74, 6) is -0.236. The molecule has 7 heteroatoms. The fourth-order valence-corrected chi connectivity index (χ4v) is 3.26. The summed E-state index contributed by atoms with van der Waals surface area (Å²) in [6.45, 7) is 7.28. The summed E-state index contributed by atoms with van der Waals surface area (Å²) < 4.78 is 5.95. The molecule has 1 aliphatic rings. The van der Waals surface area contributed by atoms with Crippen LogP contribution in [-0.2, 0) is 9.53 Å². The van der Waals surface area contributed by atoms with Gasteiger partial charge in [0.2, 0.25) is 18.0 Å². The number of ether oxygens (including phenoxy) is 1. The number of aryl methyl sites for hydroxylation is 3. The average Bonchev–Trinajstić information content (AvgIpc) is 2.99. The Morgan fingerprint density at radius 3 is 2.38 bits per heavy atom. The molecule has 3 rings (SSSR count). The van der Waals surface area contributed by atoms with Crippen LogP contribution in [0.15, 0.2) is 41.5 Å². The molecule has 0 saturated carbocycles. The van der Waals surface area contributed by atoms with Crippen LogP contribution < -0.4 is 0 Å². The summed E-state index contributed by atoms with van der Waals surface area (Å²) in [6.07, 6.45) is -0.747. The fraction of sp³-hybridized carbons (Fsp3) is 0.263. The minimum atomic E-state index is -0.747. The topological polar surface area (TPSA) is 85.0 Å². The van der Waals surface area contributed by atoms with Gasteiger partial charge in [0, 0.05) is 18.6 Å². The summed E-state index contributed by atoms with van der Waals surface area (Å²) in [4.78, 5) is 22.9. The van der Waals surface area contributed by atoms with E-state index in [4.69, 9.17) is 4.74 Å². The molecular formula is C19H19N3O4. The van der Waals surface area contributed by atoms with E-state index in [1.54, 1.807) is 18.2 Å². The van der Waals surface area contributed by atoms with Crippen molar-refractivity contribution in [1.29, 1.82) is 0 Å². The molecule has 1 atom stereocenters. The van der Waals surface area contributed by atoms with E-state index in [1.807, 2.05) is 32.9 Å². The van der Waals surface area contributed by atoms with Gasteiger partial charge in [-0.25, -0.2) is 0 Å². The van der Waals surface area contributed by atoms with Crippen LogP contribution in [0.1, 0.15) is 41.0 Å². The molecule has 0 unspecified atom stereocenters. The lowest BCUT2D eigenvalue weighted by molar-refractivity contribution is -0.385. The average molecular weight is 353 g/mol. The Labute approximate surface area is 151 Å². The van der Waals surface area contributed by atoms with Crippen LogP contribution in [0.2, 0.25) is 0 Å². The number of nitro groups is 1. The molecule has 0 aromatic heterocycles. The van der Waals surface area contributed by atoms with E-state index in [0.29, 0.717) is 0 Å². The zero-order valence-corrected chi connectivity index (χ0v) is 15.0. The largest absolute Gasteiger partial charge is 0.445 e. The SMILES string of the molecule is CC(=O)N1N=C(c2ccccc2[N+](=O)[O-])O[C@@H]1c1c(C)cc(C)cc1C. The number of nitrogens with zero attached hydrogens (tertiary/aromatic N) is 3. The van der Waals surface area contributed by atoms with Crippen molar-refractivity contribution in [3.8, 4) is 0 Å². The second-order valence-electron chi connectivity index (χ2n) is 6.33. The van der Waals surface area contributed by atoms with Gasteiger partial charge in [-0.1, -0.05) is 29.8 Å². The van der Waals surface area contributed by atoms with Gasteiger partial charge in [0.15, 0.2) is 0 Å². The highest BCUT2D eigenvalue weighted by Crippen LogP contribution is 2.36. The van der Waals surface area contributed by atoms with E-state index in [9.17, 15) is 14.9 Å². The molecular weight excluding hydrogens is 334 g/mol. The highest BCUT2D eigenvalue weighted by atomic mass is 16.6. The Morgan fingerprint density at radius 2 is 1.81 bits per heavy atom. The van der Waals surface area contributed by atoms with Gasteiger partial charge in [-0.3, -0.25) is 14.9 Å². The van der Waals surface area contributed by atoms with Gasteiger partial charge in [0.05, 0.1) is 4.92 Å². The van der Waals surface area contributed by atoms with E-state index in [1.165, 1.54) is 18.0 Å². The summed E-state index contributed by atoms with van der Waals surface area (Å²) in [7, 11) is 0.